The Hall–Kier alpha value is -1.23. The predicted octanol–water partition coefficient (Wildman–Crippen LogP) is 3.25. The van der Waals surface area contributed by atoms with E-state index in [0.29, 0.717) is 18.4 Å². The first-order valence-corrected chi connectivity index (χ1v) is 20.8. The summed E-state index contributed by atoms with van der Waals surface area (Å²) in [4.78, 5) is 11.9. The summed E-state index contributed by atoms with van der Waals surface area (Å²) in [6.07, 6.45) is 1.90. The number of ether oxygens (including phenoxy) is 7. The van der Waals surface area contributed by atoms with Crippen LogP contribution in [0.2, 0.25) is 0 Å². The Labute approximate surface area is 319 Å². The molecule has 2 unspecified atom stereocenters. The summed E-state index contributed by atoms with van der Waals surface area (Å²) in [7, 11) is 0. The van der Waals surface area contributed by atoms with E-state index in [-0.39, 0.29) is 54.0 Å². The fourth-order valence-corrected chi connectivity index (χ4v) is 12.8. The van der Waals surface area contributed by atoms with Crippen LogP contribution in [-0.4, -0.2) is 124 Å². The maximum atomic E-state index is 12.6. The van der Waals surface area contributed by atoms with Crippen LogP contribution >= 0.6 is 0 Å². The highest BCUT2D eigenvalue weighted by molar-refractivity contribution is 5.85. The lowest BCUT2D eigenvalue weighted by molar-refractivity contribution is -0.336. The Bertz CT molecular complexity index is 1370. The van der Waals surface area contributed by atoms with Crippen molar-refractivity contribution in [3.63, 3.8) is 0 Å². The molecule has 0 aromatic carbocycles. The van der Waals surface area contributed by atoms with Gasteiger partial charge in [-0.3, -0.25) is 0 Å². The van der Waals surface area contributed by atoms with E-state index in [0.717, 1.165) is 63.4 Å². The molecule has 3 saturated heterocycles. The lowest BCUT2D eigenvalue weighted by Gasteiger charge is -2.64. The number of rotatable bonds is 7. The van der Waals surface area contributed by atoms with Crippen LogP contribution in [0.25, 0.3) is 0 Å². The molecule has 8 rings (SSSR count). The van der Waals surface area contributed by atoms with Crippen LogP contribution in [0.5, 0.6) is 0 Å². The van der Waals surface area contributed by atoms with Gasteiger partial charge in [0.25, 0.3) is 0 Å². The molecular formula is C41H64O13. The molecule has 0 aromatic rings. The first-order valence-electron chi connectivity index (χ1n) is 20.8. The Morgan fingerprint density at radius 1 is 0.685 bits per heavy atom. The first-order chi connectivity index (χ1) is 25.6. The standard InChI is InChI=1S/C41H64O13/c1-20-36(46)29(42)16-34(49-20)53-38-22(3)51-35(18-31(38)44)54-37-21(2)50-33(17-30(37)43)52-25-8-11-39(4)24(15-25)6-7-28-27(39)9-12-40(5)26(10-13-41(28,40)47)23-14-32(45)48-19-23/h14,20-22,24-31,33-38,42-44,46-47H,6-13,15-19H2,1-5H3/t20-,21-,22-,24?,25+,26-,27+,28?,29+,30+,31+,33+,34+,35+,36-,37-,38-,39+,40-,41+/m1/s1. The average Bonchev–Trinajstić information content (AvgIpc) is 3.66. The highest BCUT2D eigenvalue weighted by Crippen LogP contribution is 2.70. The third-order valence-electron chi connectivity index (χ3n) is 15.9. The first kappa shape index (κ1) is 39.6. The van der Waals surface area contributed by atoms with Crippen LogP contribution in [-0.2, 0) is 38.0 Å². The van der Waals surface area contributed by atoms with Gasteiger partial charge in [-0.1, -0.05) is 13.8 Å². The van der Waals surface area contributed by atoms with Gasteiger partial charge in [0.05, 0.1) is 48.3 Å². The molecule has 7 fully saturated rings. The van der Waals surface area contributed by atoms with Gasteiger partial charge in [-0.05, 0) is 113 Å². The van der Waals surface area contributed by atoms with E-state index in [1.165, 1.54) is 0 Å². The quantitative estimate of drug-likeness (QED) is 0.188. The van der Waals surface area contributed by atoms with Crippen LogP contribution in [0.15, 0.2) is 11.6 Å². The second-order valence-corrected chi connectivity index (χ2v) is 18.7. The van der Waals surface area contributed by atoms with Gasteiger partial charge in [-0.25, -0.2) is 4.79 Å². The molecule has 0 bridgehead atoms. The molecule has 0 amide bonds. The van der Waals surface area contributed by atoms with Crippen molar-refractivity contribution in [3.05, 3.63) is 11.6 Å². The monoisotopic (exact) mass is 764 g/mol. The highest BCUT2D eigenvalue weighted by Gasteiger charge is 2.68. The minimum Gasteiger partial charge on any atom is -0.458 e. The number of hydrogen-bond donors (Lipinski definition) is 5. The molecule has 8 aliphatic rings. The number of aliphatic hydroxyl groups excluding tert-OH is 4. The molecular weight excluding hydrogens is 700 g/mol. The number of cyclic esters (lactones) is 1. The molecule has 13 nitrogen and oxygen atoms in total. The second-order valence-electron chi connectivity index (χ2n) is 18.7. The smallest absolute Gasteiger partial charge is 0.331 e. The zero-order valence-corrected chi connectivity index (χ0v) is 32.6. The summed E-state index contributed by atoms with van der Waals surface area (Å²) in [6, 6.07) is 0. The molecule has 13 heteroatoms. The molecule has 0 aromatic heterocycles. The zero-order chi connectivity index (χ0) is 38.3. The van der Waals surface area contributed by atoms with Crippen LogP contribution in [0.4, 0.5) is 0 Å². The molecule has 0 spiro atoms. The van der Waals surface area contributed by atoms with Crippen molar-refractivity contribution in [2.45, 2.75) is 197 Å². The Morgan fingerprint density at radius 2 is 1.30 bits per heavy atom. The van der Waals surface area contributed by atoms with Gasteiger partial charge in [0.15, 0.2) is 18.9 Å². The Morgan fingerprint density at radius 3 is 1.89 bits per heavy atom. The van der Waals surface area contributed by atoms with Crippen molar-refractivity contribution >= 4 is 5.97 Å². The van der Waals surface area contributed by atoms with Crippen molar-refractivity contribution in [2.24, 2.45) is 34.5 Å². The van der Waals surface area contributed by atoms with Gasteiger partial charge in [0, 0.05) is 30.8 Å². The van der Waals surface area contributed by atoms with E-state index >= 15 is 0 Å². The number of aliphatic hydroxyl groups is 5. The number of hydrogen-bond acceptors (Lipinski definition) is 13. The average molecular weight is 765 g/mol. The second kappa shape index (κ2) is 14.9. The van der Waals surface area contributed by atoms with Gasteiger partial charge in [0.2, 0.25) is 0 Å². The Kier molecular flexibility index (Phi) is 10.9. The van der Waals surface area contributed by atoms with Crippen LogP contribution in [0.1, 0.15) is 112 Å². The molecule has 0 radical (unpaired) electrons. The van der Waals surface area contributed by atoms with Gasteiger partial charge >= 0.3 is 5.97 Å². The maximum Gasteiger partial charge on any atom is 0.331 e. The summed E-state index contributed by atoms with van der Waals surface area (Å²) < 4.78 is 42.2. The zero-order valence-electron chi connectivity index (χ0n) is 32.6. The lowest BCUT2D eigenvalue weighted by atomic mass is 9.43. The summed E-state index contributed by atoms with van der Waals surface area (Å²) in [5.74, 6) is 1.13. The molecule has 5 N–H and O–H groups in total. The van der Waals surface area contributed by atoms with Crippen molar-refractivity contribution in [2.75, 3.05) is 6.61 Å². The fourth-order valence-electron chi connectivity index (χ4n) is 12.8. The number of fused-ring (bicyclic) bond motifs is 5. The summed E-state index contributed by atoms with van der Waals surface area (Å²) >= 11 is 0. The lowest BCUT2D eigenvalue weighted by Crippen LogP contribution is -2.62. The molecule has 4 saturated carbocycles. The number of carbonyl (C=O) groups excluding carboxylic acids is 1. The highest BCUT2D eigenvalue weighted by atomic mass is 16.7. The van der Waals surface area contributed by atoms with Gasteiger partial charge in [-0.2, -0.15) is 0 Å². The largest absolute Gasteiger partial charge is 0.458 e. The fraction of sp³-hybridized carbons (Fsp3) is 0.927. The third kappa shape index (κ3) is 6.82. The van der Waals surface area contributed by atoms with Gasteiger partial charge in [-0.15, -0.1) is 0 Å². The van der Waals surface area contributed by atoms with Gasteiger partial charge in [0.1, 0.15) is 24.9 Å². The van der Waals surface area contributed by atoms with E-state index in [1.807, 2.05) is 6.92 Å². The van der Waals surface area contributed by atoms with E-state index < -0.39 is 79.4 Å². The topological polar surface area (TPSA) is 183 Å². The minimum absolute atomic E-state index is 0.0243. The molecule has 20 atom stereocenters. The maximum absolute atomic E-state index is 12.6. The van der Waals surface area contributed by atoms with Gasteiger partial charge < -0.3 is 58.7 Å². The van der Waals surface area contributed by atoms with E-state index in [9.17, 15) is 30.3 Å². The molecule has 4 aliphatic carbocycles. The molecule has 54 heavy (non-hydrogen) atoms. The van der Waals surface area contributed by atoms with E-state index in [4.69, 9.17) is 33.2 Å². The van der Waals surface area contributed by atoms with Crippen molar-refractivity contribution in [1.29, 1.82) is 0 Å². The number of esters is 1. The third-order valence-corrected chi connectivity index (χ3v) is 15.9. The molecule has 4 heterocycles. The van der Waals surface area contributed by atoms with E-state index in [1.54, 1.807) is 19.9 Å². The SMILES string of the molecule is C[C@H]1O[C@@H](O[C@H]2[C@@H](O)C[C@H](O[C@H]3[C@@H](O)C[C@H](O[C@H]4CC[C@@]5(C)C(CCC6[C@@H]5CC[C@]5(C)[C@@H](C7=CC(=O)OC7)CC[C@]65O)C4)O[C@@H]3C)O[C@@H]2C)C[C@H](O)[C@@H]1O. The summed E-state index contributed by atoms with van der Waals surface area (Å²) in [5, 5.41) is 55.0. The normalized spacial score (nSPS) is 55.0. The minimum atomic E-state index is -0.996. The van der Waals surface area contributed by atoms with Crippen molar-refractivity contribution < 1.29 is 63.5 Å². The van der Waals surface area contributed by atoms with Crippen LogP contribution in [0.3, 0.4) is 0 Å². The van der Waals surface area contributed by atoms with Crippen molar-refractivity contribution in [1.82, 2.24) is 0 Å². The van der Waals surface area contributed by atoms with Crippen LogP contribution < -0.4 is 0 Å². The van der Waals surface area contributed by atoms with E-state index in [2.05, 4.69) is 13.8 Å². The molecule has 4 aliphatic heterocycles. The Balaban J connectivity index is 0.826. The molecule has 306 valence electrons. The summed E-state index contributed by atoms with van der Waals surface area (Å²) in [6.45, 7) is 10.4. The number of carbonyl (C=O) groups is 1. The summed E-state index contributed by atoms with van der Waals surface area (Å²) in [5.41, 5.74) is 0.215. The van der Waals surface area contributed by atoms with Crippen molar-refractivity contribution in [3.8, 4) is 0 Å². The van der Waals surface area contributed by atoms with Crippen LogP contribution in [0, 0.1) is 34.5 Å². The predicted molar refractivity (Wildman–Crippen MR) is 191 cm³/mol.